The second kappa shape index (κ2) is 7.17. The zero-order valence-corrected chi connectivity index (χ0v) is 9.86. The molecule has 1 unspecified atom stereocenters. The maximum absolute atomic E-state index is 8.82. The topological polar surface area (TPSA) is 52.7 Å². The third-order valence-electron chi connectivity index (χ3n) is 3.06. The van der Waals surface area contributed by atoms with Crippen LogP contribution in [0.15, 0.2) is 0 Å². The normalized spacial score (nSPS) is 21.8. The van der Waals surface area contributed by atoms with Crippen LogP contribution >= 0.6 is 0 Å². The van der Waals surface area contributed by atoms with Crippen LogP contribution in [-0.4, -0.2) is 66.8 Å². The van der Waals surface area contributed by atoms with Crippen LogP contribution in [0.5, 0.6) is 0 Å². The number of aliphatic hydroxyl groups excluding tert-OH is 1. The van der Waals surface area contributed by atoms with Crippen LogP contribution in [0.3, 0.4) is 0 Å². The van der Waals surface area contributed by atoms with Crippen molar-refractivity contribution >= 4 is 0 Å². The Morgan fingerprint density at radius 3 is 2.13 bits per heavy atom. The van der Waals surface area contributed by atoms with Gasteiger partial charge in [0.15, 0.2) is 0 Å². The third kappa shape index (κ3) is 4.93. The van der Waals surface area contributed by atoms with Gasteiger partial charge in [-0.3, -0.25) is 0 Å². The minimum Gasteiger partial charge on any atom is -0.395 e. The van der Waals surface area contributed by atoms with Crippen molar-refractivity contribution in [3.8, 4) is 0 Å². The van der Waals surface area contributed by atoms with E-state index in [0.717, 1.165) is 26.1 Å². The summed E-state index contributed by atoms with van der Waals surface area (Å²) in [5.41, 5.74) is 5.68. The van der Waals surface area contributed by atoms with Gasteiger partial charge in [-0.25, -0.2) is 0 Å². The minimum atomic E-state index is -0.0429. The summed E-state index contributed by atoms with van der Waals surface area (Å²) in [6.07, 6.45) is 2.15. The van der Waals surface area contributed by atoms with Crippen LogP contribution in [0.4, 0.5) is 0 Å². The quantitative estimate of drug-likeness (QED) is 0.640. The SMILES string of the molecule is CCCN1CCN(CCC(N)CO)CC1. The van der Waals surface area contributed by atoms with E-state index >= 15 is 0 Å². The van der Waals surface area contributed by atoms with Crippen LogP contribution in [0.2, 0.25) is 0 Å². The molecule has 0 saturated carbocycles. The van der Waals surface area contributed by atoms with Crippen molar-refractivity contribution in [1.29, 1.82) is 0 Å². The highest BCUT2D eigenvalue weighted by atomic mass is 16.3. The van der Waals surface area contributed by atoms with Crippen LogP contribution in [0, 0.1) is 0 Å². The molecule has 3 N–H and O–H groups in total. The molecule has 1 atom stereocenters. The van der Waals surface area contributed by atoms with E-state index in [1.165, 1.54) is 26.1 Å². The van der Waals surface area contributed by atoms with Crippen molar-refractivity contribution in [3.63, 3.8) is 0 Å². The fourth-order valence-electron chi connectivity index (χ4n) is 1.99. The molecule has 4 nitrogen and oxygen atoms in total. The molecule has 0 spiro atoms. The van der Waals surface area contributed by atoms with Gasteiger partial charge in [-0.05, 0) is 25.9 Å². The molecule has 0 aromatic carbocycles. The van der Waals surface area contributed by atoms with Crippen molar-refractivity contribution in [1.82, 2.24) is 9.80 Å². The van der Waals surface area contributed by atoms with E-state index in [9.17, 15) is 0 Å². The fraction of sp³-hybridized carbons (Fsp3) is 1.00. The highest BCUT2D eigenvalue weighted by Crippen LogP contribution is 2.03. The molecule has 0 radical (unpaired) electrons. The predicted molar refractivity (Wildman–Crippen MR) is 62.8 cm³/mol. The van der Waals surface area contributed by atoms with Gasteiger partial charge in [0.1, 0.15) is 0 Å². The molecule has 1 rings (SSSR count). The van der Waals surface area contributed by atoms with Crippen molar-refractivity contribution < 1.29 is 5.11 Å². The smallest absolute Gasteiger partial charge is 0.0583 e. The summed E-state index contributed by atoms with van der Waals surface area (Å²) in [4.78, 5) is 4.96. The lowest BCUT2D eigenvalue weighted by atomic mass is 10.2. The van der Waals surface area contributed by atoms with Gasteiger partial charge in [-0.1, -0.05) is 6.92 Å². The molecule has 1 aliphatic heterocycles. The number of hydrogen-bond donors (Lipinski definition) is 2. The molecule has 1 fully saturated rings. The molecule has 1 aliphatic rings. The number of hydrogen-bond acceptors (Lipinski definition) is 4. The maximum Gasteiger partial charge on any atom is 0.0583 e. The minimum absolute atomic E-state index is 0.0429. The molecule has 15 heavy (non-hydrogen) atoms. The van der Waals surface area contributed by atoms with Crippen molar-refractivity contribution in [3.05, 3.63) is 0 Å². The van der Waals surface area contributed by atoms with E-state index in [1.54, 1.807) is 0 Å². The van der Waals surface area contributed by atoms with Crippen LogP contribution in [0.1, 0.15) is 19.8 Å². The Morgan fingerprint density at radius 2 is 1.67 bits per heavy atom. The number of nitrogens with zero attached hydrogens (tertiary/aromatic N) is 2. The van der Waals surface area contributed by atoms with Crippen molar-refractivity contribution in [2.45, 2.75) is 25.8 Å². The molecule has 0 aliphatic carbocycles. The molecule has 1 heterocycles. The molecular weight excluding hydrogens is 190 g/mol. The Balaban J connectivity index is 2.09. The van der Waals surface area contributed by atoms with Gasteiger partial charge >= 0.3 is 0 Å². The molecule has 1 saturated heterocycles. The molecule has 0 amide bonds. The van der Waals surface area contributed by atoms with Crippen molar-refractivity contribution in [2.24, 2.45) is 5.73 Å². The molecular formula is C11H25N3O. The highest BCUT2D eigenvalue weighted by Gasteiger charge is 2.16. The molecule has 90 valence electrons. The van der Waals surface area contributed by atoms with E-state index < -0.39 is 0 Å². The fourth-order valence-corrected chi connectivity index (χ4v) is 1.99. The van der Waals surface area contributed by atoms with E-state index in [0.29, 0.717) is 0 Å². The van der Waals surface area contributed by atoms with Gasteiger partial charge in [-0.15, -0.1) is 0 Å². The van der Waals surface area contributed by atoms with Crippen LogP contribution < -0.4 is 5.73 Å². The molecule has 0 aromatic heterocycles. The van der Waals surface area contributed by atoms with E-state index in [2.05, 4.69) is 16.7 Å². The molecule has 0 aromatic rings. The summed E-state index contributed by atoms with van der Waals surface area (Å²) >= 11 is 0. The Hall–Kier alpha value is -0.160. The first-order valence-electron chi connectivity index (χ1n) is 6.07. The Kier molecular flexibility index (Phi) is 6.17. The van der Waals surface area contributed by atoms with Gasteiger partial charge < -0.3 is 20.6 Å². The lowest BCUT2D eigenvalue weighted by Crippen LogP contribution is -2.47. The first-order chi connectivity index (χ1) is 7.26. The summed E-state index contributed by atoms with van der Waals surface area (Å²) in [5.74, 6) is 0. The lowest BCUT2D eigenvalue weighted by molar-refractivity contribution is 0.126. The van der Waals surface area contributed by atoms with E-state index in [4.69, 9.17) is 10.8 Å². The Labute approximate surface area is 93.0 Å². The summed E-state index contributed by atoms with van der Waals surface area (Å²) in [7, 11) is 0. The van der Waals surface area contributed by atoms with E-state index in [-0.39, 0.29) is 12.6 Å². The summed E-state index contributed by atoms with van der Waals surface area (Å²) in [5, 5.41) is 8.82. The number of aliphatic hydroxyl groups is 1. The van der Waals surface area contributed by atoms with E-state index in [1.807, 2.05) is 0 Å². The number of nitrogens with two attached hydrogens (primary N) is 1. The second-order valence-electron chi connectivity index (χ2n) is 4.41. The zero-order chi connectivity index (χ0) is 11.1. The predicted octanol–water partition coefficient (Wildman–Crippen LogP) is -0.276. The number of piperazine rings is 1. The Morgan fingerprint density at radius 1 is 1.13 bits per heavy atom. The first-order valence-corrected chi connectivity index (χ1v) is 6.07. The number of rotatable bonds is 6. The molecule has 0 bridgehead atoms. The molecule has 4 heteroatoms. The lowest BCUT2D eigenvalue weighted by Gasteiger charge is -2.34. The average Bonchev–Trinajstić information content (AvgIpc) is 2.28. The monoisotopic (exact) mass is 215 g/mol. The van der Waals surface area contributed by atoms with Gasteiger partial charge in [-0.2, -0.15) is 0 Å². The highest BCUT2D eigenvalue weighted by molar-refractivity contribution is 4.73. The second-order valence-corrected chi connectivity index (χ2v) is 4.41. The van der Waals surface area contributed by atoms with Gasteiger partial charge in [0.2, 0.25) is 0 Å². The van der Waals surface area contributed by atoms with Gasteiger partial charge in [0.05, 0.1) is 6.61 Å². The van der Waals surface area contributed by atoms with Crippen LogP contribution in [-0.2, 0) is 0 Å². The Bertz CT molecular complexity index is 158. The largest absolute Gasteiger partial charge is 0.395 e. The third-order valence-corrected chi connectivity index (χ3v) is 3.06. The van der Waals surface area contributed by atoms with Gasteiger partial charge in [0, 0.05) is 32.2 Å². The summed E-state index contributed by atoms with van der Waals surface area (Å²) in [6, 6.07) is -0.0429. The van der Waals surface area contributed by atoms with Crippen LogP contribution in [0.25, 0.3) is 0 Å². The van der Waals surface area contributed by atoms with Gasteiger partial charge in [0.25, 0.3) is 0 Å². The average molecular weight is 215 g/mol. The first kappa shape index (κ1) is 12.9. The summed E-state index contributed by atoms with van der Waals surface area (Å²) in [6.45, 7) is 9.26. The zero-order valence-electron chi connectivity index (χ0n) is 9.86. The summed E-state index contributed by atoms with van der Waals surface area (Å²) < 4.78 is 0. The standard InChI is InChI=1S/C11H25N3O/c1-2-4-13-6-8-14(9-7-13)5-3-11(12)10-15/h11,15H,2-10,12H2,1H3. The maximum atomic E-state index is 8.82. The van der Waals surface area contributed by atoms with Crippen molar-refractivity contribution in [2.75, 3.05) is 45.9 Å².